The Kier molecular flexibility index (Phi) is 4.74. The van der Waals surface area contributed by atoms with Crippen LogP contribution in [0.4, 0.5) is 5.13 Å². The summed E-state index contributed by atoms with van der Waals surface area (Å²) in [4.78, 5) is 20.8. The summed E-state index contributed by atoms with van der Waals surface area (Å²) < 4.78 is 1.15. The van der Waals surface area contributed by atoms with Gasteiger partial charge in [0.1, 0.15) is 0 Å². The van der Waals surface area contributed by atoms with Crippen molar-refractivity contribution in [2.45, 2.75) is 26.7 Å². The molecule has 1 aromatic heterocycles. The number of hydrogen-bond acceptors (Lipinski definition) is 3. The molecule has 1 aliphatic carbocycles. The van der Waals surface area contributed by atoms with Crippen LogP contribution in [0.15, 0.2) is 24.3 Å². The van der Waals surface area contributed by atoms with Gasteiger partial charge in [0.05, 0.1) is 36.4 Å². The van der Waals surface area contributed by atoms with Gasteiger partial charge >= 0.3 is 0 Å². The molecule has 22 heavy (non-hydrogen) atoms. The van der Waals surface area contributed by atoms with Gasteiger partial charge in [0.15, 0.2) is 5.13 Å². The first kappa shape index (κ1) is 15.4. The lowest BCUT2D eigenvalue weighted by atomic mass is 10.3. The molecule has 0 spiro atoms. The summed E-state index contributed by atoms with van der Waals surface area (Å²) in [5, 5.41) is 0.865. The zero-order valence-electron chi connectivity index (χ0n) is 13.3. The summed E-state index contributed by atoms with van der Waals surface area (Å²) >= 11 is 1.63. The predicted octanol–water partition coefficient (Wildman–Crippen LogP) is 1.96. The number of hydrogen-bond donors (Lipinski definition) is 1. The smallest absolute Gasteiger partial charge is 0.232 e. The number of carbonyl (C=O) groups is 1. The van der Waals surface area contributed by atoms with E-state index in [-0.39, 0.29) is 11.8 Å². The number of benzene rings is 1. The lowest BCUT2D eigenvalue weighted by Crippen LogP contribution is -3.12. The van der Waals surface area contributed by atoms with E-state index in [1.165, 1.54) is 4.90 Å². The van der Waals surface area contributed by atoms with Gasteiger partial charge in [0, 0.05) is 5.92 Å². The van der Waals surface area contributed by atoms with Crippen molar-refractivity contribution < 1.29 is 9.69 Å². The molecule has 1 heterocycles. The van der Waals surface area contributed by atoms with Crippen molar-refractivity contribution in [2.75, 3.05) is 31.1 Å². The highest BCUT2D eigenvalue weighted by molar-refractivity contribution is 7.22. The highest BCUT2D eigenvalue weighted by atomic mass is 32.1. The highest BCUT2D eigenvalue weighted by Gasteiger charge is 2.35. The topological polar surface area (TPSA) is 37.6 Å². The van der Waals surface area contributed by atoms with Gasteiger partial charge in [-0.25, -0.2) is 4.98 Å². The average Bonchev–Trinajstić information content (AvgIpc) is 3.30. The number of para-hydroxylation sites is 1. The predicted molar refractivity (Wildman–Crippen MR) is 91.6 cm³/mol. The molecule has 5 heteroatoms. The summed E-state index contributed by atoms with van der Waals surface area (Å²) in [6, 6.07) is 8.12. The van der Waals surface area contributed by atoms with Gasteiger partial charge in [-0.3, -0.25) is 9.69 Å². The van der Waals surface area contributed by atoms with Crippen molar-refractivity contribution in [1.29, 1.82) is 0 Å². The van der Waals surface area contributed by atoms with Crippen molar-refractivity contribution >= 4 is 32.6 Å². The molecule has 1 amide bonds. The number of nitrogens with zero attached hydrogens (tertiary/aromatic N) is 2. The molecule has 0 radical (unpaired) electrons. The fourth-order valence-electron chi connectivity index (χ4n) is 2.70. The quantitative estimate of drug-likeness (QED) is 0.847. The van der Waals surface area contributed by atoms with Crippen LogP contribution < -0.4 is 9.80 Å². The lowest BCUT2D eigenvalue weighted by molar-refractivity contribution is -0.894. The van der Waals surface area contributed by atoms with E-state index in [0.29, 0.717) is 0 Å². The molecule has 1 aliphatic rings. The lowest BCUT2D eigenvalue weighted by Gasteiger charge is -2.22. The third-order valence-corrected chi connectivity index (χ3v) is 5.45. The molecule has 2 aromatic rings. The van der Waals surface area contributed by atoms with Gasteiger partial charge in [0.25, 0.3) is 0 Å². The van der Waals surface area contributed by atoms with Gasteiger partial charge in [-0.05, 0) is 38.8 Å². The van der Waals surface area contributed by atoms with Crippen LogP contribution in [0, 0.1) is 5.92 Å². The van der Waals surface area contributed by atoms with Crippen molar-refractivity contribution in [2.24, 2.45) is 5.92 Å². The number of fused-ring (bicyclic) bond motifs is 1. The second-order valence-corrected chi connectivity index (χ2v) is 6.94. The van der Waals surface area contributed by atoms with Crippen LogP contribution in [0.3, 0.4) is 0 Å². The molecular formula is C17H24N3OS+. The maximum absolute atomic E-state index is 12.7. The monoisotopic (exact) mass is 318 g/mol. The third kappa shape index (κ3) is 3.31. The molecule has 0 unspecified atom stereocenters. The van der Waals surface area contributed by atoms with E-state index in [2.05, 4.69) is 24.9 Å². The summed E-state index contributed by atoms with van der Waals surface area (Å²) in [7, 11) is 0. The number of thiazole rings is 1. The molecule has 0 aliphatic heterocycles. The van der Waals surface area contributed by atoms with Crippen LogP contribution in [0.5, 0.6) is 0 Å². The zero-order valence-corrected chi connectivity index (χ0v) is 14.2. The van der Waals surface area contributed by atoms with Gasteiger partial charge in [-0.2, -0.15) is 0 Å². The standard InChI is InChI=1S/C17H23N3OS/c1-3-19(4-2)11-12-20(16(21)13-9-10-13)17-18-14-7-5-6-8-15(14)22-17/h5-8,13H,3-4,9-12H2,1-2H3/p+1. The first-order valence-corrected chi connectivity index (χ1v) is 9.05. The molecule has 1 saturated carbocycles. The van der Waals surface area contributed by atoms with Crippen LogP contribution >= 0.6 is 11.3 Å². The van der Waals surface area contributed by atoms with E-state index in [9.17, 15) is 4.79 Å². The molecule has 1 N–H and O–H groups in total. The largest absolute Gasteiger partial charge is 0.334 e. The van der Waals surface area contributed by atoms with Crippen molar-refractivity contribution in [3.8, 4) is 0 Å². The molecule has 1 aromatic carbocycles. The molecular weight excluding hydrogens is 294 g/mol. The summed E-state index contributed by atoms with van der Waals surface area (Å²) in [5.41, 5.74) is 0.992. The summed E-state index contributed by atoms with van der Waals surface area (Å²) in [5.74, 6) is 0.504. The summed E-state index contributed by atoms with van der Waals surface area (Å²) in [6.07, 6.45) is 2.08. The second-order valence-electron chi connectivity index (χ2n) is 5.94. The maximum Gasteiger partial charge on any atom is 0.232 e. The second kappa shape index (κ2) is 6.75. The van der Waals surface area contributed by atoms with Crippen LogP contribution in [-0.4, -0.2) is 37.1 Å². The minimum Gasteiger partial charge on any atom is -0.334 e. The van der Waals surface area contributed by atoms with E-state index >= 15 is 0 Å². The number of anilines is 1. The van der Waals surface area contributed by atoms with Gasteiger partial charge in [-0.1, -0.05) is 23.5 Å². The normalized spacial score (nSPS) is 14.7. The number of rotatable bonds is 7. The van der Waals surface area contributed by atoms with Gasteiger partial charge in [0.2, 0.25) is 5.91 Å². The third-order valence-electron chi connectivity index (χ3n) is 4.40. The number of amides is 1. The molecule has 0 saturated heterocycles. The van der Waals surface area contributed by atoms with Crippen LogP contribution in [0.1, 0.15) is 26.7 Å². The first-order valence-electron chi connectivity index (χ1n) is 8.23. The fraction of sp³-hybridized carbons (Fsp3) is 0.529. The number of quaternary nitrogens is 1. The van der Waals surface area contributed by atoms with Crippen LogP contribution in [0.2, 0.25) is 0 Å². The van der Waals surface area contributed by atoms with Crippen molar-refractivity contribution in [1.82, 2.24) is 4.98 Å². The molecule has 0 bridgehead atoms. The van der Waals surface area contributed by atoms with Crippen LogP contribution in [-0.2, 0) is 4.79 Å². The SMILES string of the molecule is CC[NH+](CC)CCN(C(=O)C1CC1)c1nc2ccccc2s1. The maximum atomic E-state index is 12.7. The Labute approximate surface area is 135 Å². The van der Waals surface area contributed by atoms with Gasteiger partial charge in [-0.15, -0.1) is 0 Å². The Balaban J connectivity index is 1.82. The van der Waals surface area contributed by atoms with Crippen LogP contribution in [0.25, 0.3) is 10.2 Å². The molecule has 0 atom stereocenters. The average molecular weight is 318 g/mol. The first-order chi connectivity index (χ1) is 10.7. The van der Waals surface area contributed by atoms with E-state index in [1.54, 1.807) is 11.3 Å². The van der Waals surface area contributed by atoms with E-state index in [1.807, 2.05) is 23.1 Å². The number of aromatic nitrogens is 1. The Morgan fingerprint density at radius 1 is 1.32 bits per heavy atom. The Morgan fingerprint density at radius 3 is 2.68 bits per heavy atom. The number of likely N-dealkylation sites (N-methyl/N-ethyl adjacent to an activating group) is 1. The molecule has 1 fully saturated rings. The van der Waals surface area contributed by atoms with Crippen molar-refractivity contribution in [3.05, 3.63) is 24.3 Å². The molecule has 118 valence electrons. The summed E-state index contributed by atoms with van der Waals surface area (Å²) in [6.45, 7) is 8.35. The van der Waals surface area contributed by atoms with E-state index < -0.39 is 0 Å². The Bertz CT molecular complexity index is 613. The Hall–Kier alpha value is -1.46. The van der Waals surface area contributed by atoms with Gasteiger partial charge < -0.3 is 4.90 Å². The highest BCUT2D eigenvalue weighted by Crippen LogP contribution is 2.35. The number of nitrogens with one attached hydrogen (secondary N) is 1. The van der Waals surface area contributed by atoms with E-state index in [4.69, 9.17) is 0 Å². The minimum absolute atomic E-state index is 0.235. The Morgan fingerprint density at radius 2 is 2.05 bits per heavy atom. The van der Waals surface area contributed by atoms with Crippen molar-refractivity contribution in [3.63, 3.8) is 0 Å². The molecule has 4 nitrogen and oxygen atoms in total. The number of carbonyl (C=O) groups excluding carboxylic acids is 1. The van der Waals surface area contributed by atoms with E-state index in [0.717, 1.165) is 54.4 Å². The zero-order chi connectivity index (χ0) is 15.5. The minimum atomic E-state index is 0.235. The molecule has 3 rings (SSSR count). The fourth-order valence-corrected chi connectivity index (χ4v) is 3.70.